The van der Waals surface area contributed by atoms with Gasteiger partial charge in [-0.25, -0.2) is 10.5 Å². The SMILES string of the molecule is COc1cc(N=Nc2c(SOOO)cc3ccc(N=Nc4cc(S(=O)(=O)O)c(N)cc4N)cc3c2O)c(OC)cc1N=Nc1ccc(CO)c(SOOO)c1. The lowest BCUT2D eigenvalue weighted by Crippen LogP contribution is -2.04. The van der Waals surface area contributed by atoms with Crippen LogP contribution in [-0.4, -0.2) is 47.9 Å². The lowest BCUT2D eigenvalue weighted by atomic mass is 10.1. The Balaban J connectivity index is 1.51. The first-order valence-electron chi connectivity index (χ1n) is 14.9. The lowest BCUT2D eigenvalue weighted by molar-refractivity contribution is -0.432. The van der Waals surface area contributed by atoms with Crippen molar-refractivity contribution >= 4 is 90.5 Å². The lowest BCUT2D eigenvalue weighted by Gasteiger charge is -2.11. The Morgan fingerprint density at radius 2 is 1.27 bits per heavy atom. The number of rotatable bonds is 16. The number of anilines is 2. The van der Waals surface area contributed by atoms with Crippen molar-refractivity contribution in [1.82, 2.24) is 0 Å². The Morgan fingerprint density at radius 1 is 0.691 bits per heavy atom. The zero-order valence-electron chi connectivity index (χ0n) is 28.1. The Morgan fingerprint density at radius 3 is 1.87 bits per heavy atom. The summed E-state index contributed by atoms with van der Waals surface area (Å²) in [5.74, 6) is -0.0305. The number of aliphatic hydroxyl groups excluding tert-OH is 1. The van der Waals surface area contributed by atoms with Crippen molar-refractivity contribution in [1.29, 1.82) is 0 Å². The molecule has 5 rings (SSSR count). The second-order valence-electron chi connectivity index (χ2n) is 10.6. The van der Waals surface area contributed by atoms with Gasteiger partial charge >= 0.3 is 0 Å². The Bertz CT molecular complexity index is 2420. The number of ether oxygens (including phenoxy) is 2. The maximum atomic E-state index is 11.7. The molecular formula is C31H28N8O13S3. The third-order valence-electron chi connectivity index (χ3n) is 7.29. The van der Waals surface area contributed by atoms with Crippen LogP contribution in [0, 0.1) is 0 Å². The second kappa shape index (κ2) is 18.2. The van der Waals surface area contributed by atoms with E-state index in [0.29, 0.717) is 45.6 Å². The molecule has 5 aromatic carbocycles. The van der Waals surface area contributed by atoms with E-state index in [1.807, 2.05) is 0 Å². The fourth-order valence-corrected chi connectivity index (χ4v) is 6.36. The highest BCUT2D eigenvalue weighted by Gasteiger charge is 2.19. The number of aliphatic hydroxyl groups is 1. The first-order valence-corrected chi connectivity index (χ1v) is 17.8. The van der Waals surface area contributed by atoms with Gasteiger partial charge in [-0.3, -0.25) is 4.55 Å². The van der Waals surface area contributed by atoms with E-state index in [9.17, 15) is 23.2 Å². The van der Waals surface area contributed by atoms with Crippen LogP contribution in [0.1, 0.15) is 5.56 Å². The van der Waals surface area contributed by atoms with Crippen molar-refractivity contribution in [2.75, 3.05) is 25.7 Å². The van der Waals surface area contributed by atoms with Crippen LogP contribution in [0.4, 0.5) is 45.5 Å². The molecule has 0 saturated carbocycles. The summed E-state index contributed by atoms with van der Waals surface area (Å²) in [5.41, 5.74) is 12.4. The van der Waals surface area contributed by atoms with Crippen molar-refractivity contribution in [3.63, 3.8) is 0 Å². The summed E-state index contributed by atoms with van der Waals surface area (Å²) in [7, 11) is -1.91. The van der Waals surface area contributed by atoms with Crippen LogP contribution in [0.5, 0.6) is 17.2 Å². The fourth-order valence-electron chi connectivity index (χ4n) is 4.73. The number of hydrogen-bond acceptors (Lipinski definition) is 22. The topological polar surface area (TPSA) is 317 Å². The molecule has 288 valence electrons. The Labute approximate surface area is 318 Å². The van der Waals surface area contributed by atoms with E-state index >= 15 is 0 Å². The minimum absolute atomic E-state index is 0.0148. The Kier molecular flexibility index (Phi) is 13.5. The number of azo groups is 3. The molecule has 0 unspecified atom stereocenters. The highest BCUT2D eigenvalue weighted by atomic mass is 32.2. The standard InChI is InChI=1S/C31H28N8O13S3/c1-47-25-12-24(26(48-2)11-23(25)37-35-18-6-4-16(14-40)27(9-18)53-51-49-42)38-39-30-28(54-52-50-43)7-15-3-5-17(8-19(15)31(30)41)34-36-22-13-29(55(44,45)46)21(33)10-20(22)32/h3-13,40-43H,14,32-33H2,1-2H3,(H,44,45,46). The van der Waals surface area contributed by atoms with Crippen LogP contribution in [0.15, 0.2) is 112 Å². The number of nitrogens with zero attached hydrogens (tertiary/aromatic N) is 6. The molecule has 0 atom stereocenters. The van der Waals surface area contributed by atoms with Crippen molar-refractivity contribution in [3.05, 3.63) is 72.3 Å². The van der Waals surface area contributed by atoms with Gasteiger partial charge < -0.3 is 31.2 Å². The maximum Gasteiger partial charge on any atom is 0.296 e. The van der Waals surface area contributed by atoms with Gasteiger partial charge in [-0.05, 0) is 53.4 Å². The van der Waals surface area contributed by atoms with Crippen molar-refractivity contribution in [3.8, 4) is 17.2 Å². The number of benzene rings is 5. The molecule has 0 aliphatic rings. The van der Waals surface area contributed by atoms with E-state index in [1.165, 1.54) is 44.6 Å². The molecule has 0 aliphatic heterocycles. The van der Waals surface area contributed by atoms with Gasteiger partial charge in [-0.15, -0.1) is 29.1 Å². The average molecular weight is 817 g/mol. The van der Waals surface area contributed by atoms with Crippen LogP contribution in [0.2, 0.25) is 0 Å². The molecule has 0 heterocycles. The number of nitrogen functional groups attached to an aromatic ring is 2. The summed E-state index contributed by atoms with van der Waals surface area (Å²) in [4.78, 5) is -0.0451. The van der Waals surface area contributed by atoms with Gasteiger partial charge in [0, 0.05) is 22.4 Å². The van der Waals surface area contributed by atoms with Crippen LogP contribution < -0.4 is 20.9 Å². The Hall–Kier alpha value is -5.51. The number of phenolic OH excluding ortho intramolecular Hbond substituents is 1. The number of aromatic hydroxyl groups is 1. The largest absolute Gasteiger partial charge is 0.505 e. The predicted molar refractivity (Wildman–Crippen MR) is 196 cm³/mol. The van der Waals surface area contributed by atoms with E-state index in [2.05, 4.69) is 49.4 Å². The van der Waals surface area contributed by atoms with Gasteiger partial charge in [0.15, 0.2) is 5.75 Å². The first kappa shape index (κ1) is 40.7. The quantitative estimate of drug-likeness (QED) is 0.0122. The molecule has 0 bridgehead atoms. The number of nitrogens with two attached hydrogens (primary N) is 2. The van der Waals surface area contributed by atoms with E-state index in [-0.39, 0.29) is 68.2 Å². The number of fused-ring (bicyclic) bond motifs is 1. The molecule has 0 aliphatic carbocycles. The number of phenols is 1. The normalized spacial score (nSPS) is 12.1. The highest BCUT2D eigenvalue weighted by Crippen LogP contribution is 2.47. The molecule has 5 aromatic rings. The van der Waals surface area contributed by atoms with Gasteiger partial charge in [0.1, 0.15) is 39.1 Å². The van der Waals surface area contributed by atoms with Crippen LogP contribution in [0.25, 0.3) is 10.8 Å². The summed E-state index contributed by atoms with van der Waals surface area (Å²) in [6.45, 7) is -0.312. The zero-order chi connectivity index (χ0) is 39.7. The van der Waals surface area contributed by atoms with E-state index in [0.717, 1.165) is 12.1 Å². The highest BCUT2D eigenvalue weighted by molar-refractivity contribution is 7.95. The van der Waals surface area contributed by atoms with Gasteiger partial charge in [0.2, 0.25) is 0 Å². The second-order valence-corrected chi connectivity index (χ2v) is 13.5. The maximum absolute atomic E-state index is 11.7. The third-order valence-corrected chi connectivity index (χ3v) is 9.50. The summed E-state index contributed by atoms with van der Waals surface area (Å²) in [5, 5.41) is 71.4. The molecule has 0 saturated heterocycles. The monoisotopic (exact) mass is 816 g/mol. The third kappa shape index (κ3) is 9.79. The molecule has 0 aromatic heterocycles. The molecule has 0 radical (unpaired) electrons. The van der Waals surface area contributed by atoms with E-state index in [1.54, 1.807) is 24.3 Å². The molecular weight excluding hydrogens is 789 g/mol. The van der Waals surface area contributed by atoms with Crippen LogP contribution >= 0.6 is 24.1 Å². The van der Waals surface area contributed by atoms with Crippen molar-refractivity contribution in [2.45, 2.75) is 21.3 Å². The average Bonchev–Trinajstić information content (AvgIpc) is 3.17. The molecule has 0 spiro atoms. The number of methoxy groups -OCH3 is 2. The summed E-state index contributed by atoms with van der Waals surface area (Å²) < 4.78 is 53.0. The fraction of sp³-hybridized carbons (Fsp3) is 0.0968. The summed E-state index contributed by atoms with van der Waals surface area (Å²) in [6, 6.07) is 15.8. The minimum Gasteiger partial charge on any atom is -0.505 e. The van der Waals surface area contributed by atoms with Crippen molar-refractivity contribution in [2.24, 2.45) is 30.7 Å². The van der Waals surface area contributed by atoms with Gasteiger partial charge in [0.05, 0.1) is 72.6 Å². The van der Waals surface area contributed by atoms with E-state index < -0.39 is 20.8 Å². The predicted octanol–water partition coefficient (Wildman–Crippen LogP) is 8.57. The molecule has 24 heteroatoms. The van der Waals surface area contributed by atoms with E-state index in [4.69, 9.17) is 31.5 Å². The molecule has 0 amide bonds. The minimum atomic E-state index is -4.68. The molecule has 21 nitrogen and oxygen atoms in total. The van der Waals surface area contributed by atoms with Crippen LogP contribution in [0.3, 0.4) is 0 Å². The summed E-state index contributed by atoms with van der Waals surface area (Å²) in [6.07, 6.45) is 0. The molecule has 0 fully saturated rings. The van der Waals surface area contributed by atoms with Crippen LogP contribution in [-0.2, 0) is 35.5 Å². The van der Waals surface area contributed by atoms with Gasteiger partial charge in [-0.1, -0.05) is 22.2 Å². The van der Waals surface area contributed by atoms with Gasteiger partial charge in [-0.2, -0.15) is 18.6 Å². The van der Waals surface area contributed by atoms with Crippen molar-refractivity contribution < 1.29 is 61.9 Å². The molecule has 55 heavy (non-hydrogen) atoms. The first-order chi connectivity index (χ1) is 26.4. The number of hydrogen-bond donors (Lipinski definition) is 7. The summed E-state index contributed by atoms with van der Waals surface area (Å²) >= 11 is 1.16. The smallest absolute Gasteiger partial charge is 0.296 e. The van der Waals surface area contributed by atoms with Gasteiger partial charge in [0.25, 0.3) is 10.1 Å². The molecule has 9 N–H and O–H groups in total. The zero-order valence-corrected chi connectivity index (χ0v) is 30.6.